The van der Waals surface area contributed by atoms with Crippen molar-refractivity contribution in [2.24, 2.45) is 0 Å². The molecule has 1 aliphatic rings. The van der Waals surface area contributed by atoms with Crippen LogP contribution in [0, 0.1) is 0 Å². The predicted octanol–water partition coefficient (Wildman–Crippen LogP) is 4.46. The van der Waals surface area contributed by atoms with E-state index in [0.29, 0.717) is 6.54 Å². The molecule has 0 radical (unpaired) electrons. The lowest BCUT2D eigenvalue weighted by molar-refractivity contribution is -0.114. The van der Waals surface area contributed by atoms with Crippen molar-refractivity contribution in [3.63, 3.8) is 0 Å². The van der Waals surface area contributed by atoms with Crippen molar-refractivity contribution in [3.05, 3.63) is 46.7 Å². The summed E-state index contributed by atoms with van der Waals surface area (Å²) >= 11 is 4.91. The Hall–Kier alpha value is -1.71. The molecule has 0 N–H and O–H groups in total. The molecular formula is C21H23N3O2S3. The molecule has 0 spiro atoms. The number of aromatic nitrogens is 1. The average Bonchev–Trinajstić information content (AvgIpc) is 3.42. The third-order valence-corrected chi connectivity index (χ3v) is 7.36. The van der Waals surface area contributed by atoms with E-state index in [1.54, 1.807) is 40.5 Å². The Balaban J connectivity index is 1.57. The third-order valence-electron chi connectivity index (χ3n) is 4.76. The zero-order valence-electron chi connectivity index (χ0n) is 16.2. The number of nitrogens with zero attached hydrogens (tertiary/aromatic N) is 3. The van der Waals surface area contributed by atoms with Gasteiger partial charge in [-0.2, -0.15) is 0 Å². The number of fused-ring (bicyclic) bond motifs is 1. The van der Waals surface area contributed by atoms with Crippen molar-refractivity contribution in [3.8, 4) is 0 Å². The van der Waals surface area contributed by atoms with Gasteiger partial charge in [0.2, 0.25) is 0 Å². The van der Waals surface area contributed by atoms with E-state index in [1.807, 2.05) is 34.6 Å². The Morgan fingerprint density at radius 2 is 2.21 bits per heavy atom. The molecule has 1 amide bonds. The number of carbonyl (C=O) groups excluding carboxylic acids is 1. The van der Waals surface area contributed by atoms with Crippen LogP contribution in [0.25, 0.3) is 16.3 Å². The van der Waals surface area contributed by atoms with Gasteiger partial charge in [-0.25, -0.2) is 4.98 Å². The van der Waals surface area contributed by atoms with Gasteiger partial charge < -0.3 is 4.74 Å². The van der Waals surface area contributed by atoms with Gasteiger partial charge in [-0.15, -0.1) is 23.1 Å². The minimum Gasteiger partial charge on any atom is -0.379 e. The Morgan fingerprint density at radius 1 is 1.34 bits per heavy atom. The van der Waals surface area contributed by atoms with Gasteiger partial charge in [-0.05, 0) is 42.0 Å². The normalized spacial score (nSPS) is 15.3. The molecule has 1 aliphatic heterocycles. The number of morpholine rings is 1. The van der Waals surface area contributed by atoms with Gasteiger partial charge in [0.25, 0.3) is 5.91 Å². The molecular weight excluding hydrogens is 422 g/mol. The zero-order chi connectivity index (χ0) is 20.1. The molecule has 0 unspecified atom stereocenters. The van der Waals surface area contributed by atoms with E-state index in [4.69, 9.17) is 9.72 Å². The largest absolute Gasteiger partial charge is 0.379 e. The molecule has 0 bridgehead atoms. The summed E-state index contributed by atoms with van der Waals surface area (Å²) in [6.07, 6.45) is 5.61. The first-order valence-electron chi connectivity index (χ1n) is 9.51. The van der Waals surface area contributed by atoms with Crippen LogP contribution in [-0.4, -0.2) is 61.4 Å². The SMILES string of the molecule is CSc1ccc2nc(N(CCN3CCOCC3)C(=O)/C=C/c3cccs3)sc2c1. The molecule has 8 heteroatoms. The summed E-state index contributed by atoms with van der Waals surface area (Å²) in [4.78, 5) is 24.3. The number of carbonyl (C=O) groups is 1. The second-order valence-corrected chi connectivity index (χ2v) is 9.49. The number of hydrogen-bond acceptors (Lipinski definition) is 7. The first-order chi connectivity index (χ1) is 14.2. The van der Waals surface area contributed by atoms with Crippen LogP contribution in [-0.2, 0) is 9.53 Å². The number of anilines is 1. The maximum Gasteiger partial charge on any atom is 0.252 e. The number of amides is 1. The highest BCUT2D eigenvalue weighted by atomic mass is 32.2. The Labute approximate surface area is 183 Å². The summed E-state index contributed by atoms with van der Waals surface area (Å²) in [5, 5.41) is 2.77. The quantitative estimate of drug-likeness (QED) is 0.397. The molecule has 1 saturated heterocycles. The summed E-state index contributed by atoms with van der Waals surface area (Å²) in [5.74, 6) is -0.0317. The van der Waals surface area contributed by atoms with Gasteiger partial charge in [0.05, 0.1) is 23.4 Å². The van der Waals surface area contributed by atoms with Gasteiger partial charge >= 0.3 is 0 Å². The molecule has 0 aliphatic carbocycles. The van der Waals surface area contributed by atoms with E-state index in [0.717, 1.165) is 53.1 Å². The topological polar surface area (TPSA) is 45.7 Å². The number of thiophene rings is 1. The van der Waals surface area contributed by atoms with E-state index in [2.05, 4.69) is 23.3 Å². The lowest BCUT2D eigenvalue weighted by Gasteiger charge is -2.28. The number of thioether (sulfide) groups is 1. The van der Waals surface area contributed by atoms with Crippen molar-refractivity contribution >= 4 is 61.8 Å². The average molecular weight is 446 g/mol. The van der Waals surface area contributed by atoms with Crippen molar-refractivity contribution in [1.82, 2.24) is 9.88 Å². The summed E-state index contributed by atoms with van der Waals surface area (Å²) in [6.45, 7) is 4.75. The second-order valence-electron chi connectivity index (χ2n) is 6.62. The van der Waals surface area contributed by atoms with Crippen molar-refractivity contribution in [2.45, 2.75) is 4.90 Å². The summed E-state index contributed by atoms with van der Waals surface area (Å²) in [7, 11) is 0. The van der Waals surface area contributed by atoms with E-state index >= 15 is 0 Å². The molecule has 0 atom stereocenters. The lowest BCUT2D eigenvalue weighted by Crippen LogP contribution is -2.42. The van der Waals surface area contributed by atoms with Crippen LogP contribution in [0.5, 0.6) is 0 Å². The molecule has 3 heterocycles. The molecule has 29 heavy (non-hydrogen) atoms. The molecule has 152 valence electrons. The third kappa shape index (κ3) is 5.26. The molecule has 1 aromatic carbocycles. The number of thiazole rings is 1. The van der Waals surface area contributed by atoms with Crippen LogP contribution < -0.4 is 4.90 Å². The number of rotatable bonds is 7. The van der Waals surface area contributed by atoms with Crippen LogP contribution in [0.2, 0.25) is 0 Å². The van der Waals surface area contributed by atoms with Crippen LogP contribution in [0.4, 0.5) is 5.13 Å². The minimum absolute atomic E-state index is 0.0317. The van der Waals surface area contributed by atoms with Crippen LogP contribution >= 0.6 is 34.4 Å². The van der Waals surface area contributed by atoms with Crippen molar-refractivity contribution in [2.75, 3.05) is 50.5 Å². The van der Waals surface area contributed by atoms with Crippen LogP contribution in [0.1, 0.15) is 4.88 Å². The first kappa shape index (κ1) is 20.6. The summed E-state index contributed by atoms with van der Waals surface area (Å²) < 4.78 is 6.55. The van der Waals surface area contributed by atoms with E-state index in [1.165, 1.54) is 4.90 Å². The van der Waals surface area contributed by atoms with Crippen molar-refractivity contribution in [1.29, 1.82) is 0 Å². The van der Waals surface area contributed by atoms with Gasteiger partial charge in [-0.3, -0.25) is 14.6 Å². The molecule has 3 aromatic rings. The number of hydrogen-bond donors (Lipinski definition) is 0. The van der Waals surface area contributed by atoms with Gasteiger partial charge in [0, 0.05) is 42.0 Å². The Kier molecular flexibility index (Phi) is 6.99. The first-order valence-corrected chi connectivity index (χ1v) is 12.4. The summed E-state index contributed by atoms with van der Waals surface area (Å²) in [6, 6.07) is 10.3. The van der Waals surface area contributed by atoms with Crippen molar-refractivity contribution < 1.29 is 9.53 Å². The van der Waals surface area contributed by atoms with E-state index < -0.39 is 0 Å². The van der Waals surface area contributed by atoms with Gasteiger partial charge in [0.15, 0.2) is 5.13 Å². The molecule has 4 rings (SSSR count). The fourth-order valence-corrected chi connectivity index (χ4v) is 5.30. The lowest BCUT2D eigenvalue weighted by atomic mass is 10.3. The van der Waals surface area contributed by atoms with E-state index in [-0.39, 0.29) is 5.91 Å². The van der Waals surface area contributed by atoms with Crippen LogP contribution in [0.3, 0.4) is 0 Å². The van der Waals surface area contributed by atoms with E-state index in [9.17, 15) is 4.79 Å². The predicted molar refractivity (Wildman–Crippen MR) is 124 cm³/mol. The Bertz CT molecular complexity index is 978. The minimum atomic E-state index is -0.0317. The summed E-state index contributed by atoms with van der Waals surface area (Å²) in [5.41, 5.74) is 0.939. The molecule has 0 saturated carbocycles. The standard InChI is InChI=1S/C21H23N3O2S3/c1-27-17-4-6-18-19(15-17)29-21(22-18)24(9-8-23-10-12-26-13-11-23)20(25)7-5-16-3-2-14-28-16/h2-7,14-15H,8-13H2,1H3/b7-5+. The number of ether oxygens (including phenoxy) is 1. The highest BCUT2D eigenvalue weighted by Crippen LogP contribution is 2.32. The molecule has 1 fully saturated rings. The Morgan fingerprint density at radius 3 is 2.97 bits per heavy atom. The highest BCUT2D eigenvalue weighted by molar-refractivity contribution is 7.98. The molecule has 2 aromatic heterocycles. The smallest absolute Gasteiger partial charge is 0.252 e. The fourth-order valence-electron chi connectivity index (χ4n) is 3.13. The van der Waals surface area contributed by atoms with Gasteiger partial charge in [-0.1, -0.05) is 17.4 Å². The monoisotopic (exact) mass is 445 g/mol. The maximum absolute atomic E-state index is 13.1. The highest BCUT2D eigenvalue weighted by Gasteiger charge is 2.20. The molecule has 5 nitrogen and oxygen atoms in total. The second kappa shape index (κ2) is 9.86. The number of benzene rings is 1. The fraction of sp³-hybridized carbons (Fsp3) is 0.333. The maximum atomic E-state index is 13.1. The van der Waals surface area contributed by atoms with Crippen LogP contribution in [0.15, 0.2) is 46.7 Å². The van der Waals surface area contributed by atoms with Gasteiger partial charge in [0.1, 0.15) is 0 Å². The zero-order valence-corrected chi connectivity index (χ0v) is 18.7.